The molecule has 2 aliphatic heterocycles. The first-order valence-electron chi connectivity index (χ1n) is 13.7. The quantitative estimate of drug-likeness (QED) is 0.236. The Morgan fingerprint density at radius 3 is 1.98 bits per heavy atom. The van der Waals surface area contributed by atoms with Crippen LogP contribution in [0.2, 0.25) is 5.71 Å². The monoisotopic (exact) mass is 675 g/mol. The molecular weight excluding hydrogens is 637 g/mol. The van der Waals surface area contributed by atoms with E-state index in [1.165, 1.54) is 17.8 Å². The first kappa shape index (κ1) is 33.1. The summed E-state index contributed by atoms with van der Waals surface area (Å²) < 4.78 is 36.0. The van der Waals surface area contributed by atoms with Gasteiger partial charge in [-0.25, -0.2) is 0 Å². The van der Waals surface area contributed by atoms with Crippen LogP contribution in [0.15, 0.2) is 65.7 Å². The molecule has 0 radical (unpaired) electrons. The Morgan fingerprint density at radius 2 is 1.49 bits per heavy atom. The predicted molar refractivity (Wildman–Crippen MR) is 165 cm³/mol. The van der Waals surface area contributed by atoms with Gasteiger partial charge in [-0.05, 0) is 0 Å². The number of methoxy groups -OCH3 is 2. The van der Waals surface area contributed by atoms with Crippen molar-refractivity contribution in [3.63, 3.8) is 0 Å². The standard InChI is InChI=1S/C31H38AsNO9S/c1-31(2,3)42-30(36)32(4)29-33-25-27(40-18-20-9-13-22(38-6)14-10-20)26(23(15-16-24(34)35)41-28(25)43-29)39-17-19-7-11-21(37-5)12-8-19/h7-16,23,25-28H,17-18H2,1-6H3,(H,34,35)/t23-,25-,26-,27?,28-,32?/m1/s1. The van der Waals surface area contributed by atoms with Gasteiger partial charge in [0.25, 0.3) is 0 Å². The van der Waals surface area contributed by atoms with E-state index in [1.807, 2.05) is 75.0 Å². The molecule has 0 spiro atoms. The molecule has 2 aliphatic rings. The van der Waals surface area contributed by atoms with E-state index in [0.29, 0.717) is 3.83 Å². The summed E-state index contributed by atoms with van der Waals surface area (Å²) in [5.74, 6) is 0.360. The number of rotatable bonds is 12. The first-order chi connectivity index (χ1) is 20.5. The van der Waals surface area contributed by atoms with Crippen molar-refractivity contribution in [2.45, 2.75) is 75.1 Å². The number of benzene rings is 2. The van der Waals surface area contributed by atoms with Crippen LogP contribution in [-0.2, 0) is 37.0 Å². The first-order valence-corrected chi connectivity index (χ1v) is 18.4. The van der Waals surface area contributed by atoms with Crippen LogP contribution in [0.4, 0.5) is 4.79 Å². The van der Waals surface area contributed by atoms with Crippen LogP contribution < -0.4 is 9.47 Å². The second-order valence-electron chi connectivity index (χ2n) is 11.0. The number of aliphatic imine (C=N–C) groups is 1. The number of carboxylic acid groups (broad SMARTS) is 1. The summed E-state index contributed by atoms with van der Waals surface area (Å²) in [6, 6.07) is 14.6. The molecule has 0 aliphatic carbocycles. The second-order valence-corrected chi connectivity index (χ2v) is 16.7. The summed E-state index contributed by atoms with van der Waals surface area (Å²) in [5, 5.41) is 9.39. The zero-order valence-electron chi connectivity index (χ0n) is 25.1. The molecular formula is C31H38AsNO9S. The maximum absolute atomic E-state index is 13.0. The Kier molecular flexibility index (Phi) is 11.4. The molecule has 1 fully saturated rings. The van der Waals surface area contributed by atoms with Crippen LogP contribution in [-0.4, -0.2) is 83.9 Å². The second kappa shape index (κ2) is 14.8. The molecule has 43 heavy (non-hydrogen) atoms. The van der Waals surface area contributed by atoms with Crippen LogP contribution in [0.1, 0.15) is 31.9 Å². The maximum atomic E-state index is 13.0. The predicted octanol–water partition coefficient (Wildman–Crippen LogP) is 5.23. The van der Waals surface area contributed by atoms with Crippen molar-refractivity contribution in [2.24, 2.45) is 4.99 Å². The van der Waals surface area contributed by atoms with E-state index >= 15 is 0 Å². The number of carboxylic acids is 1. The van der Waals surface area contributed by atoms with Gasteiger partial charge in [-0.2, -0.15) is 0 Å². The van der Waals surface area contributed by atoms with Crippen LogP contribution in [0.3, 0.4) is 0 Å². The minimum atomic E-state index is -2.33. The molecule has 0 amide bonds. The van der Waals surface area contributed by atoms with Gasteiger partial charge in [0.1, 0.15) is 0 Å². The molecule has 0 aromatic heterocycles. The third-order valence-corrected chi connectivity index (χ3v) is 12.4. The van der Waals surface area contributed by atoms with Gasteiger partial charge in [0.2, 0.25) is 0 Å². The van der Waals surface area contributed by atoms with Gasteiger partial charge in [-0.3, -0.25) is 0 Å². The molecule has 2 heterocycles. The zero-order chi connectivity index (χ0) is 31.1. The van der Waals surface area contributed by atoms with Crippen molar-refractivity contribution in [3.8, 4) is 11.5 Å². The Labute approximate surface area is 261 Å². The fourth-order valence-electron chi connectivity index (χ4n) is 4.46. The fourth-order valence-corrected chi connectivity index (χ4v) is 9.42. The summed E-state index contributed by atoms with van der Waals surface area (Å²) in [6.45, 7) is 6.00. The fraction of sp³-hybridized carbons (Fsp3) is 0.452. The van der Waals surface area contributed by atoms with Crippen molar-refractivity contribution in [2.75, 3.05) is 14.2 Å². The number of nitrogens with zero attached hydrogens (tertiary/aromatic N) is 1. The molecule has 0 bridgehead atoms. The van der Waals surface area contributed by atoms with Crippen LogP contribution in [0.25, 0.3) is 0 Å². The van der Waals surface area contributed by atoms with Crippen molar-refractivity contribution in [1.29, 1.82) is 0 Å². The van der Waals surface area contributed by atoms with Gasteiger partial charge in [0.15, 0.2) is 0 Å². The molecule has 0 saturated carbocycles. The minimum absolute atomic E-state index is 0.225. The SMILES string of the molecule is COc1ccc(COC2[C@H]3N=C([As](C)C(=O)OC(C)(C)C)S[C@H]3O[C@H](C=CC(=O)O)[C@H]2OCc2ccc(OC)cc2)cc1. The molecule has 12 heteroatoms. The molecule has 2 unspecified atom stereocenters. The molecule has 4 rings (SSSR count). The topological polar surface area (TPSA) is 122 Å². The van der Waals surface area contributed by atoms with Crippen LogP contribution in [0.5, 0.6) is 11.5 Å². The van der Waals surface area contributed by atoms with Crippen molar-refractivity contribution < 1.29 is 43.1 Å². The van der Waals surface area contributed by atoms with Crippen molar-refractivity contribution in [3.05, 3.63) is 71.8 Å². The van der Waals surface area contributed by atoms with Gasteiger partial charge in [-0.1, -0.05) is 0 Å². The molecule has 1 saturated heterocycles. The number of hydrogen-bond donors (Lipinski definition) is 1. The average Bonchev–Trinajstić information content (AvgIpc) is 3.41. The Morgan fingerprint density at radius 1 is 0.953 bits per heavy atom. The normalized spacial score (nSPS) is 24.2. The number of carbonyl (C=O) groups is 2. The number of ether oxygens (including phenoxy) is 6. The van der Waals surface area contributed by atoms with Crippen molar-refractivity contribution in [1.82, 2.24) is 0 Å². The van der Waals surface area contributed by atoms with E-state index in [0.717, 1.165) is 28.7 Å². The third kappa shape index (κ3) is 9.09. The number of hydrogen-bond acceptors (Lipinski definition) is 10. The van der Waals surface area contributed by atoms with Gasteiger partial charge >= 0.3 is 255 Å². The number of carbonyl (C=O) groups excluding carboxylic acids is 1. The van der Waals surface area contributed by atoms with Gasteiger partial charge < -0.3 is 0 Å². The number of thioether (sulfide) groups is 1. The van der Waals surface area contributed by atoms with Crippen LogP contribution >= 0.6 is 11.8 Å². The summed E-state index contributed by atoms with van der Waals surface area (Å²) in [6.07, 6.45) is 0.496. The summed E-state index contributed by atoms with van der Waals surface area (Å²) in [7, 11) is 3.21. The van der Waals surface area contributed by atoms with Gasteiger partial charge in [-0.15, -0.1) is 0 Å². The summed E-state index contributed by atoms with van der Waals surface area (Å²) in [5.41, 5.74) is 2.62. The number of aliphatic carboxylic acids is 1. The molecule has 1 N–H and O–H groups in total. The summed E-state index contributed by atoms with van der Waals surface area (Å²) >= 11 is -0.942. The van der Waals surface area contributed by atoms with Crippen LogP contribution in [0, 0.1) is 0 Å². The Hall–Kier alpha value is -2.82. The molecule has 10 nitrogen and oxygen atoms in total. The Balaban J connectivity index is 1.63. The molecule has 6 atom stereocenters. The third-order valence-electron chi connectivity index (χ3n) is 6.62. The van der Waals surface area contributed by atoms with E-state index < -0.39 is 56.0 Å². The Bertz CT molecular complexity index is 1310. The molecule has 2 aromatic rings. The van der Waals surface area contributed by atoms with E-state index in [-0.39, 0.29) is 18.0 Å². The van der Waals surface area contributed by atoms with E-state index in [2.05, 4.69) is 0 Å². The van der Waals surface area contributed by atoms with Crippen molar-refractivity contribution >= 4 is 41.0 Å². The van der Waals surface area contributed by atoms with Gasteiger partial charge in [0, 0.05) is 0 Å². The average molecular weight is 676 g/mol. The van der Waals surface area contributed by atoms with Gasteiger partial charge in [0.05, 0.1) is 7.11 Å². The zero-order valence-corrected chi connectivity index (χ0v) is 27.8. The van der Waals surface area contributed by atoms with E-state index in [4.69, 9.17) is 33.4 Å². The molecule has 2 aromatic carbocycles. The number of fused-ring (bicyclic) bond motifs is 1. The summed E-state index contributed by atoms with van der Waals surface area (Å²) in [4.78, 5) is 29.4. The van der Waals surface area contributed by atoms with E-state index in [1.54, 1.807) is 14.2 Å². The van der Waals surface area contributed by atoms with E-state index in [9.17, 15) is 14.7 Å². The molecule has 232 valence electrons.